The topological polar surface area (TPSA) is 15.3 Å². The van der Waals surface area contributed by atoms with Crippen LogP contribution in [0.3, 0.4) is 0 Å². The van der Waals surface area contributed by atoms with Crippen molar-refractivity contribution < 1.29 is 0 Å². The lowest BCUT2D eigenvalue weighted by molar-refractivity contribution is 0.221. The van der Waals surface area contributed by atoms with Gasteiger partial charge in [0.15, 0.2) is 0 Å². The number of hydrogen-bond donors (Lipinski definition) is 1. The van der Waals surface area contributed by atoms with Crippen molar-refractivity contribution in [1.29, 1.82) is 0 Å². The van der Waals surface area contributed by atoms with E-state index in [0.29, 0.717) is 6.04 Å². The van der Waals surface area contributed by atoms with Gasteiger partial charge >= 0.3 is 0 Å². The van der Waals surface area contributed by atoms with Crippen molar-refractivity contribution >= 4 is 0 Å². The van der Waals surface area contributed by atoms with E-state index < -0.39 is 0 Å². The average Bonchev–Trinajstić information content (AvgIpc) is 2.44. The predicted octanol–water partition coefficient (Wildman–Crippen LogP) is 2.23. The van der Waals surface area contributed by atoms with Crippen molar-refractivity contribution in [2.24, 2.45) is 11.3 Å². The minimum atomic E-state index is 0.186. The molecule has 2 heteroatoms. The molecule has 0 aromatic rings. The van der Waals surface area contributed by atoms with Crippen LogP contribution in [0.4, 0.5) is 0 Å². The van der Waals surface area contributed by atoms with Gasteiger partial charge in [-0.15, -0.1) is 0 Å². The van der Waals surface area contributed by atoms with Crippen LogP contribution in [0.2, 0.25) is 0 Å². The van der Waals surface area contributed by atoms with E-state index >= 15 is 0 Å². The van der Waals surface area contributed by atoms with Crippen LogP contribution in [0.5, 0.6) is 0 Å². The molecule has 1 N–H and O–H groups in total. The zero-order valence-corrected chi connectivity index (χ0v) is 10.3. The third-order valence-electron chi connectivity index (χ3n) is 3.75. The van der Waals surface area contributed by atoms with Gasteiger partial charge in [-0.2, -0.15) is 0 Å². The SMILES string of the molecule is C=C(N[C@H]1CC2CCN(C2)C1)C(C)(C)C. The first-order valence-electron chi connectivity index (χ1n) is 6.13. The summed E-state index contributed by atoms with van der Waals surface area (Å²) in [4.78, 5) is 2.59. The van der Waals surface area contributed by atoms with Crippen LogP contribution in [0.15, 0.2) is 12.3 Å². The second-order valence-electron chi connectivity index (χ2n) is 6.22. The Kier molecular flexibility index (Phi) is 2.80. The third kappa shape index (κ3) is 2.54. The van der Waals surface area contributed by atoms with E-state index in [2.05, 4.69) is 37.6 Å². The van der Waals surface area contributed by atoms with Crippen molar-refractivity contribution in [3.63, 3.8) is 0 Å². The number of nitrogens with one attached hydrogen (secondary N) is 1. The first-order chi connectivity index (χ1) is 6.95. The van der Waals surface area contributed by atoms with Gasteiger partial charge in [0, 0.05) is 30.2 Å². The molecule has 0 aromatic heterocycles. The van der Waals surface area contributed by atoms with Gasteiger partial charge in [-0.3, -0.25) is 0 Å². The largest absolute Gasteiger partial charge is 0.384 e. The maximum absolute atomic E-state index is 4.16. The summed E-state index contributed by atoms with van der Waals surface area (Å²) in [7, 11) is 0. The van der Waals surface area contributed by atoms with Crippen LogP contribution in [-0.4, -0.2) is 30.6 Å². The quantitative estimate of drug-likeness (QED) is 0.748. The van der Waals surface area contributed by atoms with Crippen LogP contribution in [-0.2, 0) is 0 Å². The van der Waals surface area contributed by atoms with Gasteiger partial charge in [0.2, 0.25) is 0 Å². The zero-order valence-electron chi connectivity index (χ0n) is 10.3. The maximum atomic E-state index is 4.16. The fourth-order valence-electron chi connectivity index (χ4n) is 2.63. The molecule has 2 heterocycles. The summed E-state index contributed by atoms with van der Waals surface area (Å²) in [6.07, 6.45) is 2.74. The van der Waals surface area contributed by atoms with Crippen molar-refractivity contribution in [2.75, 3.05) is 19.6 Å². The van der Waals surface area contributed by atoms with Crippen molar-refractivity contribution in [3.05, 3.63) is 12.3 Å². The Hall–Kier alpha value is -0.500. The number of rotatable bonds is 2. The lowest BCUT2D eigenvalue weighted by atomic mass is 9.90. The summed E-state index contributed by atoms with van der Waals surface area (Å²) in [5.41, 5.74) is 1.38. The first kappa shape index (κ1) is 11.0. The van der Waals surface area contributed by atoms with Crippen LogP contribution in [0, 0.1) is 11.3 Å². The molecular weight excluding hydrogens is 184 g/mol. The smallest absolute Gasteiger partial charge is 0.0388 e. The molecule has 0 aliphatic carbocycles. The lowest BCUT2D eigenvalue weighted by Gasteiger charge is -2.34. The van der Waals surface area contributed by atoms with E-state index in [9.17, 15) is 0 Å². The molecule has 2 bridgehead atoms. The summed E-state index contributed by atoms with van der Waals surface area (Å²) in [5.74, 6) is 0.934. The number of allylic oxidation sites excluding steroid dienone is 1. The fraction of sp³-hybridized carbons (Fsp3) is 0.846. The second-order valence-corrected chi connectivity index (χ2v) is 6.22. The highest BCUT2D eigenvalue weighted by Crippen LogP contribution is 2.29. The molecule has 2 aliphatic rings. The Bertz CT molecular complexity index is 240. The Morgan fingerprint density at radius 3 is 2.67 bits per heavy atom. The van der Waals surface area contributed by atoms with Crippen LogP contribution in [0.25, 0.3) is 0 Å². The second kappa shape index (κ2) is 3.82. The Morgan fingerprint density at radius 1 is 1.33 bits per heavy atom. The Labute approximate surface area is 93.7 Å². The van der Waals surface area contributed by atoms with Gasteiger partial charge in [0.1, 0.15) is 0 Å². The Morgan fingerprint density at radius 2 is 2.07 bits per heavy atom. The Balaban J connectivity index is 1.88. The molecule has 0 spiro atoms. The minimum absolute atomic E-state index is 0.186. The molecule has 2 saturated heterocycles. The lowest BCUT2D eigenvalue weighted by Crippen LogP contribution is -2.45. The summed E-state index contributed by atoms with van der Waals surface area (Å²) in [6.45, 7) is 14.7. The average molecular weight is 208 g/mol. The number of piperidine rings is 1. The summed E-state index contributed by atoms with van der Waals surface area (Å²) < 4.78 is 0. The molecule has 2 aliphatic heterocycles. The van der Waals surface area contributed by atoms with Gasteiger partial charge in [-0.1, -0.05) is 27.4 Å². The molecule has 0 radical (unpaired) electrons. The molecule has 3 atom stereocenters. The van der Waals surface area contributed by atoms with Gasteiger partial charge in [-0.25, -0.2) is 0 Å². The van der Waals surface area contributed by atoms with Crippen molar-refractivity contribution in [3.8, 4) is 0 Å². The molecule has 2 fully saturated rings. The molecule has 2 rings (SSSR count). The normalized spacial score (nSPS) is 35.3. The van der Waals surface area contributed by atoms with Gasteiger partial charge < -0.3 is 10.2 Å². The van der Waals surface area contributed by atoms with Crippen LogP contribution in [0.1, 0.15) is 33.6 Å². The van der Waals surface area contributed by atoms with Gasteiger partial charge in [0.05, 0.1) is 0 Å². The predicted molar refractivity (Wildman–Crippen MR) is 64.7 cm³/mol. The van der Waals surface area contributed by atoms with E-state index in [1.54, 1.807) is 0 Å². The van der Waals surface area contributed by atoms with E-state index in [1.165, 1.54) is 38.2 Å². The summed E-state index contributed by atoms with van der Waals surface area (Å²) in [5, 5.41) is 3.62. The summed E-state index contributed by atoms with van der Waals surface area (Å²) in [6, 6.07) is 0.637. The molecular formula is C13H24N2. The molecule has 86 valence electrons. The van der Waals surface area contributed by atoms with E-state index in [4.69, 9.17) is 0 Å². The number of hydrogen-bond acceptors (Lipinski definition) is 2. The minimum Gasteiger partial charge on any atom is -0.384 e. The number of nitrogens with zero attached hydrogens (tertiary/aromatic N) is 1. The van der Waals surface area contributed by atoms with E-state index in [1.807, 2.05) is 0 Å². The highest BCUT2D eigenvalue weighted by molar-refractivity contribution is 5.05. The van der Waals surface area contributed by atoms with E-state index in [0.717, 1.165) is 5.92 Å². The highest BCUT2D eigenvalue weighted by atomic mass is 15.2. The molecule has 15 heavy (non-hydrogen) atoms. The van der Waals surface area contributed by atoms with Crippen molar-refractivity contribution in [2.45, 2.75) is 39.7 Å². The third-order valence-corrected chi connectivity index (χ3v) is 3.75. The van der Waals surface area contributed by atoms with Gasteiger partial charge in [-0.05, 0) is 25.3 Å². The molecule has 0 saturated carbocycles. The standard InChI is InChI=1S/C13H24N2/c1-10(13(2,3)4)14-12-7-11-5-6-15(8-11)9-12/h11-12,14H,1,5-9H2,2-4H3/t11?,12-/m0/s1. The molecule has 0 aromatic carbocycles. The van der Waals surface area contributed by atoms with E-state index in [-0.39, 0.29) is 5.41 Å². The fourth-order valence-corrected chi connectivity index (χ4v) is 2.63. The molecule has 2 unspecified atom stereocenters. The van der Waals surface area contributed by atoms with Crippen LogP contribution < -0.4 is 5.32 Å². The molecule has 2 nitrogen and oxygen atoms in total. The van der Waals surface area contributed by atoms with Crippen LogP contribution >= 0.6 is 0 Å². The maximum Gasteiger partial charge on any atom is 0.0388 e. The highest BCUT2D eigenvalue weighted by Gasteiger charge is 2.33. The molecule has 0 amide bonds. The number of fused-ring (bicyclic) bond motifs is 2. The van der Waals surface area contributed by atoms with Gasteiger partial charge in [0.25, 0.3) is 0 Å². The first-order valence-corrected chi connectivity index (χ1v) is 6.13. The summed E-state index contributed by atoms with van der Waals surface area (Å²) >= 11 is 0. The van der Waals surface area contributed by atoms with Crippen molar-refractivity contribution in [1.82, 2.24) is 10.2 Å². The zero-order chi connectivity index (χ0) is 11.1. The monoisotopic (exact) mass is 208 g/mol.